The van der Waals surface area contributed by atoms with E-state index in [0.717, 1.165) is 19.0 Å². The van der Waals surface area contributed by atoms with Gasteiger partial charge in [0.25, 0.3) is 0 Å². The van der Waals surface area contributed by atoms with Crippen molar-refractivity contribution in [3.8, 4) is 6.07 Å². The molecule has 170 valence electrons. The van der Waals surface area contributed by atoms with E-state index in [1.54, 1.807) is 19.2 Å². The normalized spacial score (nSPS) is 22.3. The molecule has 33 heavy (non-hydrogen) atoms. The number of aromatic nitrogens is 3. The molecule has 1 unspecified atom stereocenters. The third kappa shape index (κ3) is 3.89. The summed E-state index contributed by atoms with van der Waals surface area (Å²) in [6.45, 7) is 8.26. The number of benzene rings is 1. The minimum absolute atomic E-state index is 0.143. The molecule has 3 heterocycles. The van der Waals surface area contributed by atoms with Crippen molar-refractivity contribution in [3.05, 3.63) is 63.7 Å². The Labute approximate surface area is 194 Å². The molecule has 1 aliphatic heterocycles. The van der Waals surface area contributed by atoms with Gasteiger partial charge >= 0.3 is 5.69 Å². The number of pyridine rings is 1. The number of rotatable bonds is 4. The van der Waals surface area contributed by atoms with Crippen LogP contribution >= 0.6 is 0 Å². The first kappa shape index (κ1) is 21.6. The molecule has 7 heteroatoms. The van der Waals surface area contributed by atoms with Crippen LogP contribution in [0, 0.1) is 11.3 Å². The molecule has 1 saturated carbocycles. The minimum atomic E-state index is -0.310. The topological polar surface area (TPSA) is 78.0 Å². The number of fused-ring (bicyclic) bond motifs is 1. The van der Waals surface area contributed by atoms with E-state index < -0.39 is 0 Å². The van der Waals surface area contributed by atoms with Crippen LogP contribution in [0.25, 0.3) is 11.0 Å². The Hall–Kier alpha value is -3.24. The molecule has 3 atom stereocenters. The van der Waals surface area contributed by atoms with Crippen LogP contribution in [0.3, 0.4) is 0 Å². The molecule has 2 fully saturated rings. The molecule has 5 rings (SSSR count). The van der Waals surface area contributed by atoms with E-state index in [2.05, 4.69) is 70.9 Å². The van der Waals surface area contributed by atoms with Crippen molar-refractivity contribution in [2.24, 2.45) is 7.05 Å². The summed E-state index contributed by atoms with van der Waals surface area (Å²) < 4.78 is 1.49. The lowest BCUT2D eigenvalue weighted by atomic mass is 9.99. The molecule has 1 aliphatic carbocycles. The first-order valence-electron chi connectivity index (χ1n) is 11.8. The second-order valence-electron chi connectivity index (χ2n) is 9.62. The molecular weight excluding hydrogens is 412 g/mol. The first-order chi connectivity index (χ1) is 15.9. The van der Waals surface area contributed by atoms with E-state index in [1.165, 1.54) is 28.5 Å². The fourth-order valence-electron chi connectivity index (χ4n) is 5.11. The Morgan fingerprint density at radius 3 is 2.42 bits per heavy atom. The zero-order chi connectivity index (χ0) is 23.3. The van der Waals surface area contributed by atoms with Crippen LogP contribution in [0.2, 0.25) is 0 Å². The van der Waals surface area contributed by atoms with Crippen LogP contribution in [-0.2, 0) is 7.05 Å². The zero-order valence-corrected chi connectivity index (χ0v) is 19.7. The summed E-state index contributed by atoms with van der Waals surface area (Å²) in [4.78, 5) is 26.2. The number of piperazine rings is 1. The van der Waals surface area contributed by atoms with E-state index in [-0.39, 0.29) is 17.8 Å². The second kappa shape index (κ2) is 8.27. The van der Waals surface area contributed by atoms with Crippen molar-refractivity contribution < 1.29 is 0 Å². The summed E-state index contributed by atoms with van der Waals surface area (Å²) in [5.41, 5.74) is 4.11. The number of nitriles is 1. The maximum Gasteiger partial charge on any atom is 0.349 e. The fraction of sp³-hybridized carbons (Fsp3) is 0.462. The van der Waals surface area contributed by atoms with E-state index in [4.69, 9.17) is 0 Å². The summed E-state index contributed by atoms with van der Waals surface area (Å²) in [5.74, 6) is 1.35. The molecule has 1 aromatic carbocycles. The Kier molecular flexibility index (Phi) is 5.41. The number of anilines is 1. The third-order valence-electron chi connectivity index (χ3n) is 7.32. The minimum Gasteiger partial charge on any atom is -0.349 e. The average molecular weight is 443 g/mol. The van der Waals surface area contributed by atoms with Crippen LogP contribution in [0.4, 0.5) is 5.82 Å². The lowest BCUT2D eigenvalue weighted by Gasteiger charge is -2.47. The molecular formula is C26H30N6O. The van der Waals surface area contributed by atoms with Gasteiger partial charge in [0.2, 0.25) is 0 Å². The van der Waals surface area contributed by atoms with Crippen molar-refractivity contribution in [1.29, 1.82) is 5.26 Å². The first-order valence-corrected chi connectivity index (χ1v) is 11.8. The molecule has 1 saturated heterocycles. The highest BCUT2D eigenvalue weighted by Gasteiger charge is 2.34. The molecule has 0 spiro atoms. The zero-order valence-electron chi connectivity index (χ0n) is 19.7. The van der Waals surface area contributed by atoms with Crippen LogP contribution in [-0.4, -0.2) is 44.6 Å². The summed E-state index contributed by atoms with van der Waals surface area (Å²) in [6, 6.07) is 15.4. The Balaban J connectivity index is 1.44. The third-order valence-corrected chi connectivity index (χ3v) is 7.32. The molecule has 0 amide bonds. The van der Waals surface area contributed by atoms with Gasteiger partial charge in [0.05, 0.1) is 5.52 Å². The highest BCUT2D eigenvalue weighted by Crippen LogP contribution is 2.40. The van der Waals surface area contributed by atoms with Gasteiger partial charge in [-0.05, 0) is 62.8 Å². The monoisotopic (exact) mass is 442 g/mol. The largest absolute Gasteiger partial charge is 0.349 e. The number of nitrogens with zero attached hydrogens (tertiary/aromatic N) is 6. The molecule has 0 N–H and O–H groups in total. The number of hydrogen-bond acceptors (Lipinski definition) is 6. The smallest absolute Gasteiger partial charge is 0.349 e. The van der Waals surface area contributed by atoms with Crippen LogP contribution < -0.4 is 10.6 Å². The molecule has 2 aliphatic rings. The standard InChI is InChI=1S/C26H30N6O/c1-16-15-32(25-24-23(30(4)26(33)29-25)12-11-22(13-27)28-24)17(2)14-31(16)18(3)19-5-7-20(8-6-19)21-9-10-21/h5-8,11-12,16-18,21H,9-10,14-15H2,1-4H3/t16-,17-,18?/m0/s1. The SMILES string of the molecule is CC(c1ccc(C2CC2)cc1)N1C[C@H](C)N(c2nc(=O)n(C)c3ccc(C#N)nc23)C[C@@H]1C. The Morgan fingerprint density at radius 2 is 1.76 bits per heavy atom. The molecule has 2 aromatic heterocycles. The van der Waals surface area contributed by atoms with Crippen molar-refractivity contribution in [3.63, 3.8) is 0 Å². The van der Waals surface area contributed by atoms with E-state index in [9.17, 15) is 10.1 Å². The van der Waals surface area contributed by atoms with Crippen LogP contribution in [0.15, 0.2) is 41.2 Å². The van der Waals surface area contributed by atoms with Gasteiger partial charge in [-0.25, -0.2) is 9.78 Å². The average Bonchev–Trinajstić information content (AvgIpc) is 3.67. The van der Waals surface area contributed by atoms with Gasteiger partial charge in [-0.1, -0.05) is 24.3 Å². The predicted molar refractivity (Wildman–Crippen MR) is 129 cm³/mol. The van der Waals surface area contributed by atoms with Crippen molar-refractivity contribution in [1.82, 2.24) is 19.4 Å². The van der Waals surface area contributed by atoms with Crippen molar-refractivity contribution in [2.45, 2.75) is 57.7 Å². The molecule has 7 nitrogen and oxygen atoms in total. The highest BCUT2D eigenvalue weighted by atomic mass is 16.1. The predicted octanol–water partition coefficient (Wildman–Crippen LogP) is 3.74. The number of hydrogen-bond donors (Lipinski definition) is 0. The van der Waals surface area contributed by atoms with Gasteiger partial charge in [-0.15, -0.1) is 0 Å². The lowest BCUT2D eigenvalue weighted by Crippen LogP contribution is -2.57. The van der Waals surface area contributed by atoms with Gasteiger partial charge in [0.1, 0.15) is 17.3 Å². The maximum absolute atomic E-state index is 12.6. The van der Waals surface area contributed by atoms with E-state index in [0.29, 0.717) is 28.6 Å². The van der Waals surface area contributed by atoms with Gasteiger partial charge in [-0.3, -0.25) is 9.47 Å². The van der Waals surface area contributed by atoms with Gasteiger partial charge < -0.3 is 4.90 Å². The maximum atomic E-state index is 12.6. The second-order valence-corrected chi connectivity index (χ2v) is 9.62. The summed E-state index contributed by atoms with van der Waals surface area (Å²) in [7, 11) is 1.69. The molecule has 0 radical (unpaired) electrons. The molecule has 3 aromatic rings. The lowest BCUT2D eigenvalue weighted by molar-refractivity contribution is 0.119. The Bertz CT molecular complexity index is 1290. The summed E-state index contributed by atoms with van der Waals surface area (Å²) in [6.07, 6.45) is 2.64. The molecule has 0 bridgehead atoms. The summed E-state index contributed by atoms with van der Waals surface area (Å²) >= 11 is 0. The quantitative estimate of drug-likeness (QED) is 0.613. The van der Waals surface area contributed by atoms with Gasteiger partial charge in [0.15, 0.2) is 5.82 Å². The van der Waals surface area contributed by atoms with Crippen LogP contribution in [0.1, 0.15) is 62.4 Å². The van der Waals surface area contributed by atoms with Gasteiger partial charge in [0, 0.05) is 38.3 Å². The fourth-order valence-corrected chi connectivity index (χ4v) is 5.11. The highest BCUT2D eigenvalue weighted by molar-refractivity contribution is 5.86. The Morgan fingerprint density at radius 1 is 1.03 bits per heavy atom. The van der Waals surface area contributed by atoms with Crippen molar-refractivity contribution in [2.75, 3.05) is 18.0 Å². The van der Waals surface area contributed by atoms with Gasteiger partial charge in [-0.2, -0.15) is 10.2 Å². The number of aryl methyl sites for hydroxylation is 1. The van der Waals surface area contributed by atoms with E-state index >= 15 is 0 Å². The van der Waals surface area contributed by atoms with E-state index in [1.807, 2.05) is 0 Å². The summed E-state index contributed by atoms with van der Waals surface area (Å²) in [5, 5.41) is 9.35. The van der Waals surface area contributed by atoms with Crippen molar-refractivity contribution >= 4 is 16.9 Å². The van der Waals surface area contributed by atoms with Crippen LogP contribution in [0.5, 0.6) is 0 Å².